The molecule has 72 valence electrons. The van der Waals surface area contributed by atoms with Gasteiger partial charge in [0.15, 0.2) is 0 Å². The summed E-state index contributed by atoms with van der Waals surface area (Å²) >= 11 is 0. The third-order valence-electron chi connectivity index (χ3n) is 1.96. The second kappa shape index (κ2) is 4.64. The van der Waals surface area contributed by atoms with Crippen LogP contribution < -0.4 is 5.32 Å². The van der Waals surface area contributed by atoms with Crippen molar-refractivity contribution in [3.63, 3.8) is 0 Å². The highest BCUT2D eigenvalue weighted by atomic mass is 16.5. The van der Waals surface area contributed by atoms with E-state index in [4.69, 9.17) is 4.74 Å². The second-order valence-corrected chi connectivity index (χ2v) is 2.87. The van der Waals surface area contributed by atoms with Crippen LogP contribution in [-0.2, 0) is 14.3 Å². The average Bonchev–Trinajstić information content (AvgIpc) is 2.54. The van der Waals surface area contributed by atoms with Crippen LogP contribution in [-0.4, -0.2) is 25.0 Å². The van der Waals surface area contributed by atoms with Gasteiger partial charge in [-0.3, -0.25) is 4.79 Å². The Kier molecular flexibility index (Phi) is 3.49. The largest absolute Gasteiger partial charge is 0.463 e. The first-order chi connectivity index (χ1) is 6.27. The quantitative estimate of drug-likeness (QED) is 0.506. The maximum absolute atomic E-state index is 11.2. The van der Waals surface area contributed by atoms with Crippen molar-refractivity contribution in [3.05, 3.63) is 11.6 Å². The third-order valence-corrected chi connectivity index (χ3v) is 1.96. The first-order valence-corrected chi connectivity index (χ1v) is 4.33. The molecule has 0 radical (unpaired) electrons. The number of ether oxygens (including phenoxy) is 1. The molecule has 4 heteroatoms. The predicted octanol–water partition coefficient (Wildman–Crippen LogP) is 0.384. The van der Waals surface area contributed by atoms with Gasteiger partial charge in [0.05, 0.1) is 6.61 Å². The Morgan fingerprint density at radius 1 is 1.85 bits per heavy atom. The summed E-state index contributed by atoms with van der Waals surface area (Å²) in [5.74, 6) is -0.266. The van der Waals surface area contributed by atoms with Crippen molar-refractivity contribution in [2.45, 2.75) is 25.8 Å². The summed E-state index contributed by atoms with van der Waals surface area (Å²) in [5.41, 5.74) is 0.668. The standard InChI is InChI=1S/C9H13NO3/c1-2-13-9(12)7-3-4-8(5-7)10-6-11/h3,6,8H,2,4-5H2,1H3,(H,10,11). The number of esters is 1. The van der Waals surface area contributed by atoms with Gasteiger partial charge in [-0.2, -0.15) is 0 Å². The molecule has 1 N–H and O–H groups in total. The zero-order chi connectivity index (χ0) is 9.68. The lowest BCUT2D eigenvalue weighted by molar-refractivity contribution is -0.138. The Balaban J connectivity index is 2.38. The van der Waals surface area contributed by atoms with Gasteiger partial charge in [-0.1, -0.05) is 6.08 Å². The molecule has 0 aromatic carbocycles. The van der Waals surface area contributed by atoms with Gasteiger partial charge in [0.1, 0.15) is 0 Å². The molecule has 0 saturated heterocycles. The summed E-state index contributed by atoms with van der Waals surface area (Å²) in [5, 5.41) is 2.63. The molecule has 0 heterocycles. The SMILES string of the molecule is CCOC(=O)C1=CCC(NC=O)C1. The molecule has 1 atom stereocenters. The molecule has 0 aromatic rings. The highest BCUT2D eigenvalue weighted by molar-refractivity contribution is 5.89. The number of rotatable bonds is 4. The molecule has 0 bridgehead atoms. The van der Waals surface area contributed by atoms with E-state index in [0.717, 1.165) is 0 Å². The maximum atomic E-state index is 11.2. The van der Waals surface area contributed by atoms with Gasteiger partial charge in [0, 0.05) is 11.6 Å². The molecule has 0 spiro atoms. The molecule has 0 saturated carbocycles. The monoisotopic (exact) mass is 183 g/mol. The highest BCUT2D eigenvalue weighted by Gasteiger charge is 2.21. The van der Waals surface area contributed by atoms with Crippen LogP contribution in [0.4, 0.5) is 0 Å². The fourth-order valence-corrected chi connectivity index (χ4v) is 1.33. The van der Waals surface area contributed by atoms with Gasteiger partial charge in [-0.15, -0.1) is 0 Å². The lowest BCUT2D eigenvalue weighted by atomic mass is 10.2. The Morgan fingerprint density at radius 3 is 3.23 bits per heavy atom. The van der Waals surface area contributed by atoms with E-state index < -0.39 is 0 Å². The summed E-state index contributed by atoms with van der Waals surface area (Å²) in [4.78, 5) is 21.3. The molecule has 13 heavy (non-hydrogen) atoms. The third kappa shape index (κ3) is 2.57. The first-order valence-electron chi connectivity index (χ1n) is 4.33. The number of hydrogen-bond acceptors (Lipinski definition) is 3. The summed E-state index contributed by atoms with van der Waals surface area (Å²) in [6, 6.07) is 0.0666. The molecule has 1 unspecified atom stereocenters. The number of amides is 1. The maximum Gasteiger partial charge on any atom is 0.333 e. The van der Waals surface area contributed by atoms with E-state index in [0.29, 0.717) is 31.4 Å². The number of nitrogens with one attached hydrogen (secondary N) is 1. The van der Waals surface area contributed by atoms with Crippen LogP contribution in [0.2, 0.25) is 0 Å². The highest BCUT2D eigenvalue weighted by Crippen LogP contribution is 2.19. The van der Waals surface area contributed by atoms with Gasteiger partial charge in [-0.05, 0) is 19.8 Å². The van der Waals surface area contributed by atoms with Crippen molar-refractivity contribution < 1.29 is 14.3 Å². The van der Waals surface area contributed by atoms with Gasteiger partial charge < -0.3 is 10.1 Å². The lowest BCUT2D eigenvalue weighted by Crippen LogP contribution is -2.25. The van der Waals surface area contributed by atoms with Crippen LogP contribution in [0.3, 0.4) is 0 Å². The van der Waals surface area contributed by atoms with Crippen molar-refractivity contribution in [1.29, 1.82) is 0 Å². The zero-order valence-electron chi connectivity index (χ0n) is 7.58. The van der Waals surface area contributed by atoms with Crippen LogP contribution in [0, 0.1) is 0 Å². The molecule has 0 aliphatic heterocycles. The van der Waals surface area contributed by atoms with Crippen molar-refractivity contribution in [2.75, 3.05) is 6.61 Å². The van der Waals surface area contributed by atoms with Crippen LogP contribution in [0.25, 0.3) is 0 Å². The van der Waals surface area contributed by atoms with E-state index in [1.54, 1.807) is 6.92 Å². The first kappa shape index (κ1) is 9.77. The average molecular weight is 183 g/mol. The van der Waals surface area contributed by atoms with Crippen molar-refractivity contribution in [2.24, 2.45) is 0 Å². The van der Waals surface area contributed by atoms with Gasteiger partial charge in [0.25, 0.3) is 0 Å². The Labute approximate surface area is 76.9 Å². The van der Waals surface area contributed by atoms with E-state index in [1.165, 1.54) is 0 Å². The molecule has 1 aliphatic carbocycles. The number of carbonyl (C=O) groups excluding carboxylic acids is 2. The fourth-order valence-electron chi connectivity index (χ4n) is 1.33. The Hall–Kier alpha value is -1.32. The molecule has 1 aliphatic rings. The van der Waals surface area contributed by atoms with Crippen LogP contribution in [0.15, 0.2) is 11.6 Å². The van der Waals surface area contributed by atoms with Crippen LogP contribution >= 0.6 is 0 Å². The van der Waals surface area contributed by atoms with Crippen LogP contribution in [0.1, 0.15) is 19.8 Å². The zero-order valence-corrected chi connectivity index (χ0v) is 7.58. The van der Waals surface area contributed by atoms with Crippen molar-refractivity contribution in [1.82, 2.24) is 5.32 Å². The van der Waals surface area contributed by atoms with Crippen LogP contribution in [0.5, 0.6) is 0 Å². The second-order valence-electron chi connectivity index (χ2n) is 2.87. The minimum Gasteiger partial charge on any atom is -0.463 e. The number of hydrogen-bond donors (Lipinski definition) is 1. The van der Waals surface area contributed by atoms with E-state index >= 15 is 0 Å². The van der Waals surface area contributed by atoms with Gasteiger partial charge in [-0.25, -0.2) is 4.79 Å². The summed E-state index contributed by atoms with van der Waals surface area (Å²) < 4.78 is 4.83. The Bertz CT molecular complexity index is 235. The molecule has 0 fully saturated rings. The molecule has 4 nitrogen and oxygen atoms in total. The predicted molar refractivity (Wildman–Crippen MR) is 46.9 cm³/mol. The lowest BCUT2D eigenvalue weighted by Gasteiger charge is -2.07. The van der Waals surface area contributed by atoms with E-state index in [-0.39, 0.29) is 12.0 Å². The van der Waals surface area contributed by atoms with Gasteiger partial charge in [0.2, 0.25) is 6.41 Å². The molecule has 0 aromatic heterocycles. The summed E-state index contributed by atoms with van der Waals surface area (Å²) in [6.45, 7) is 2.16. The number of carbonyl (C=O) groups is 2. The van der Waals surface area contributed by atoms with Crippen molar-refractivity contribution >= 4 is 12.4 Å². The van der Waals surface area contributed by atoms with E-state index in [9.17, 15) is 9.59 Å². The van der Waals surface area contributed by atoms with Crippen molar-refractivity contribution in [3.8, 4) is 0 Å². The van der Waals surface area contributed by atoms with E-state index in [1.807, 2.05) is 6.08 Å². The minimum atomic E-state index is -0.266. The normalized spacial score (nSPS) is 20.7. The summed E-state index contributed by atoms with van der Waals surface area (Å²) in [7, 11) is 0. The topological polar surface area (TPSA) is 55.4 Å². The smallest absolute Gasteiger partial charge is 0.333 e. The molecule has 1 amide bonds. The fraction of sp³-hybridized carbons (Fsp3) is 0.556. The summed E-state index contributed by atoms with van der Waals surface area (Å²) in [6.07, 6.45) is 3.77. The van der Waals surface area contributed by atoms with Gasteiger partial charge >= 0.3 is 5.97 Å². The molecular weight excluding hydrogens is 170 g/mol. The molecular formula is C9H13NO3. The molecule has 1 rings (SSSR count). The van der Waals surface area contributed by atoms with E-state index in [2.05, 4.69) is 5.32 Å². The minimum absolute atomic E-state index is 0.0666. The Morgan fingerprint density at radius 2 is 2.62 bits per heavy atom.